The second kappa shape index (κ2) is 11.3. The summed E-state index contributed by atoms with van der Waals surface area (Å²) in [7, 11) is 3.35. The molecule has 0 radical (unpaired) electrons. The van der Waals surface area contributed by atoms with Gasteiger partial charge in [0.05, 0.1) is 18.7 Å². The normalized spacial score (nSPS) is 10.7. The molecule has 0 aromatic heterocycles. The fourth-order valence-electron chi connectivity index (χ4n) is 3.12. The van der Waals surface area contributed by atoms with E-state index in [4.69, 9.17) is 25.8 Å². The van der Waals surface area contributed by atoms with Crippen molar-refractivity contribution in [2.75, 3.05) is 20.8 Å². The van der Waals surface area contributed by atoms with E-state index in [-0.39, 0.29) is 0 Å². The molecule has 0 heterocycles. The van der Waals surface area contributed by atoms with Crippen LogP contribution in [-0.2, 0) is 19.6 Å². The average Bonchev–Trinajstić information content (AvgIpc) is 2.77. The van der Waals surface area contributed by atoms with Crippen molar-refractivity contribution in [1.82, 2.24) is 5.32 Å². The summed E-state index contributed by atoms with van der Waals surface area (Å²) in [4.78, 5) is 0. The molecule has 4 nitrogen and oxygen atoms in total. The highest BCUT2D eigenvalue weighted by molar-refractivity contribution is 9.10. The highest BCUT2D eigenvalue weighted by atomic mass is 79.9. The van der Waals surface area contributed by atoms with E-state index in [1.165, 1.54) is 5.56 Å². The Hall–Kier alpha value is -2.21. The number of para-hydroxylation sites is 1. The number of hydrogen-bond acceptors (Lipinski definition) is 4. The van der Waals surface area contributed by atoms with Crippen molar-refractivity contribution in [3.63, 3.8) is 0 Å². The first kappa shape index (κ1) is 22.5. The lowest BCUT2D eigenvalue weighted by Crippen LogP contribution is -2.17. The van der Waals surface area contributed by atoms with Crippen LogP contribution in [-0.4, -0.2) is 20.8 Å². The molecule has 0 saturated carbocycles. The van der Waals surface area contributed by atoms with Crippen molar-refractivity contribution < 1.29 is 14.2 Å². The van der Waals surface area contributed by atoms with Crippen LogP contribution in [0.2, 0.25) is 5.02 Å². The predicted molar refractivity (Wildman–Crippen MR) is 125 cm³/mol. The summed E-state index contributed by atoms with van der Waals surface area (Å²) in [5.74, 6) is 2.30. The van der Waals surface area contributed by atoms with Crippen molar-refractivity contribution in [2.45, 2.75) is 19.6 Å². The second-order valence-corrected chi connectivity index (χ2v) is 8.05. The van der Waals surface area contributed by atoms with Gasteiger partial charge in [-0.05, 0) is 75.9 Å². The van der Waals surface area contributed by atoms with Gasteiger partial charge >= 0.3 is 0 Å². The van der Waals surface area contributed by atoms with Crippen LogP contribution in [0.3, 0.4) is 0 Å². The van der Waals surface area contributed by atoms with E-state index >= 15 is 0 Å². The first-order valence-corrected chi connectivity index (χ1v) is 10.8. The maximum Gasteiger partial charge on any atom is 0.175 e. The fourth-order valence-corrected chi connectivity index (χ4v) is 3.85. The van der Waals surface area contributed by atoms with Crippen LogP contribution in [0.4, 0.5) is 0 Å². The topological polar surface area (TPSA) is 39.7 Å². The molecule has 0 saturated heterocycles. The molecule has 0 aliphatic rings. The molecule has 0 unspecified atom stereocenters. The van der Waals surface area contributed by atoms with Crippen molar-refractivity contribution >= 4 is 27.5 Å². The third kappa shape index (κ3) is 6.14. The van der Waals surface area contributed by atoms with E-state index in [0.717, 1.165) is 40.9 Å². The van der Waals surface area contributed by atoms with Gasteiger partial charge < -0.3 is 19.5 Å². The number of nitrogens with one attached hydrogen (secondary N) is 1. The predicted octanol–water partition coefficient (Wildman–Crippen LogP) is 6.03. The molecule has 3 rings (SSSR count). The monoisotopic (exact) mass is 489 g/mol. The number of hydrogen-bond donors (Lipinski definition) is 1. The molecule has 0 amide bonds. The molecule has 158 valence electrons. The van der Waals surface area contributed by atoms with E-state index < -0.39 is 0 Å². The summed E-state index contributed by atoms with van der Waals surface area (Å²) in [6.45, 7) is 2.00. The molecule has 0 spiro atoms. The Bertz CT molecular complexity index is 963. The Labute approximate surface area is 191 Å². The molecular weight excluding hydrogens is 466 g/mol. The molecule has 6 heteroatoms. The lowest BCUT2D eigenvalue weighted by molar-refractivity contribution is 0.282. The Morgan fingerprint density at radius 3 is 2.37 bits per heavy atom. The van der Waals surface area contributed by atoms with Crippen LogP contribution < -0.4 is 19.5 Å². The van der Waals surface area contributed by atoms with Crippen molar-refractivity contribution in [2.24, 2.45) is 0 Å². The molecule has 30 heavy (non-hydrogen) atoms. The molecule has 0 aliphatic heterocycles. The highest BCUT2D eigenvalue weighted by Crippen LogP contribution is 2.37. The van der Waals surface area contributed by atoms with Gasteiger partial charge in [0.2, 0.25) is 0 Å². The van der Waals surface area contributed by atoms with Crippen LogP contribution in [0.15, 0.2) is 65.1 Å². The largest absolute Gasteiger partial charge is 0.496 e. The van der Waals surface area contributed by atoms with Crippen molar-refractivity contribution in [3.05, 3.63) is 86.8 Å². The number of ether oxygens (including phenoxy) is 3. The summed E-state index contributed by atoms with van der Waals surface area (Å²) in [5, 5.41) is 4.19. The Morgan fingerprint density at radius 2 is 1.63 bits per heavy atom. The van der Waals surface area contributed by atoms with Crippen molar-refractivity contribution in [1.29, 1.82) is 0 Å². The first-order valence-electron chi connectivity index (χ1n) is 9.67. The van der Waals surface area contributed by atoms with Gasteiger partial charge in [-0.25, -0.2) is 0 Å². The Kier molecular flexibility index (Phi) is 8.43. The minimum Gasteiger partial charge on any atom is -0.496 e. The van der Waals surface area contributed by atoms with E-state index in [2.05, 4.69) is 33.4 Å². The average molecular weight is 491 g/mol. The van der Waals surface area contributed by atoms with E-state index in [1.54, 1.807) is 14.2 Å². The van der Waals surface area contributed by atoms with E-state index in [0.29, 0.717) is 23.1 Å². The van der Waals surface area contributed by atoms with Crippen LogP contribution >= 0.6 is 27.5 Å². The zero-order valence-corrected chi connectivity index (χ0v) is 19.4. The zero-order valence-electron chi connectivity index (χ0n) is 17.1. The van der Waals surface area contributed by atoms with Crippen LogP contribution in [0, 0.1) is 0 Å². The molecule has 0 atom stereocenters. The van der Waals surface area contributed by atoms with Gasteiger partial charge in [-0.2, -0.15) is 0 Å². The first-order chi connectivity index (χ1) is 14.6. The third-order valence-electron chi connectivity index (χ3n) is 4.68. The molecule has 0 bridgehead atoms. The number of benzene rings is 3. The van der Waals surface area contributed by atoms with Gasteiger partial charge in [0.1, 0.15) is 12.4 Å². The maximum absolute atomic E-state index is 6.00. The second-order valence-electron chi connectivity index (χ2n) is 6.76. The van der Waals surface area contributed by atoms with Crippen LogP contribution in [0.5, 0.6) is 17.2 Å². The smallest absolute Gasteiger partial charge is 0.175 e. The number of halogens is 2. The summed E-state index contributed by atoms with van der Waals surface area (Å²) in [5.41, 5.74) is 3.34. The SMILES string of the molecule is COc1ccccc1CCNCc1cc(Br)c(OCc2ccc(Cl)cc2)c(OC)c1. The summed E-state index contributed by atoms with van der Waals surface area (Å²) in [6.07, 6.45) is 0.893. The highest BCUT2D eigenvalue weighted by Gasteiger charge is 2.12. The van der Waals surface area contributed by atoms with Crippen LogP contribution in [0.1, 0.15) is 16.7 Å². The van der Waals surface area contributed by atoms with Crippen LogP contribution in [0.25, 0.3) is 0 Å². The van der Waals surface area contributed by atoms with Gasteiger partial charge in [0.15, 0.2) is 11.5 Å². The lowest BCUT2D eigenvalue weighted by atomic mass is 10.1. The number of rotatable bonds is 10. The minimum atomic E-state index is 0.433. The Morgan fingerprint density at radius 1 is 0.900 bits per heavy atom. The van der Waals surface area contributed by atoms with Crippen molar-refractivity contribution in [3.8, 4) is 17.2 Å². The van der Waals surface area contributed by atoms with E-state index in [9.17, 15) is 0 Å². The van der Waals surface area contributed by atoms with Gasteiger partial charge in [-0.1, -0.05) is 41.9 Å². The minimum absolute atomic E-state index is 0.433. The van der Waals surface area contributed by atoms with Gasteiger partial charge in [-0.15, -0.1) is 0 Å². The number of methoxy groups -OCH3 is 2. The van der Waals surface area contributed by atoms with E-state index in [1.807, 2.05) is 48.5 Å². The standard InChI is InChI=1S/C24H25BrClNO3/c1-28-22-6-4-3-5-19(22)11-12-27-15-18-13-21(25)24(23(14-18)29-2)30-16-17-7-9-20(26)10-8-17/h3-10,13-14,27H,11-12,15-16H2,1-2H3. The maximum atomic E-state index is 6.00. The molecule has 3 aromatic rings. The summed E-state index contributed by atoms with van der Waals surface area (Å²) < 4.78 is 17.8. The molecule has 3 aromatic carbocycles. The van der Waals surface area contributed by atoms with Gasteiger partial charge in [-0.3, -0.25) is 0 Å². The molecule has 0 aliphatic carbocycles. The molecular formula is C24H25BrClNO3. The van der Waals surface area contributed by atoms with Gasteiger partial charge in [0.25, 0.3) is 0 Å². The fraction of sp³-hybridized carbons (Fsp3) is 0.250. The molecule has 1 N–H and O–H groups in total. The Balaban J connectivity index is 1.58. The zero-order chi connectivity index (χ0) is 21.3. The quantitative estimate of drug-likeness (QED) is 0.352. The van der Waals surface area contributed by atoms with Gasteiger partial charge in [0, 0.05) is 11.6 Å². The summed E-state index contributed by atoms with van der Waals surface area (Å²) in [6, 6.07) is 19.7. The molecule has 0 fully saturated rings. The third-order valence-corrected chi connectivity index (χ3v) is 5.52. The summed E-state index contributed by atoms with van der Waals surface area (Å²) >= 11 is 9.56. The lowest BCUT2D eigenvalue weighted by Gasteiger charge is -2.15.